The van der Waals surface area contributed by atoms with E-state index in [4.69, 9.17) is 14.6 Å². The Kier molecular flexibility index (Phi) is 8.29. The standard InChI is InChI=1S/C23H31N5O8/c1-22(2,3)35-20(33)25-19(26-21(34)36-23(4,5)6)24-13-8-9-15-14(10-13)18(32)28(12-17(30)31)11-16(29)27(15)7/h8-10H,11-12H2,1-7H3,(H,30,31)(H2,24,25,26,33,34). The average molecular weight is 506 g/mol. The Balaban J connectivity index is 2.47. The van der Waals surface area contributed by atoms with Crippen molar-refractivity contribution in [2.45, 2.75) is 52.7 Å². The zero-order valence-electron chi connectivity index (χ0n) is 21.3. The van der Waals surface area contributed by atoms with E-state index in [0.717, 1.165) is 4.90 Å². The Labute approximate surface area is 208 Å². The van der Waals surface area contributed by atoms with Crippen LogP contribution >= 0.6 is 0 Å². The quantitative estimate of drug-likeness (QED) is 0.415. The monoisotopic (exact) mass is 505 g/mol. The summed E-state index contributed by atoms with van der Waals surface area (Å²) in [5.41, 5.74) is -1.29. The number of nitrogens with zero attached hydrogens (tertiary/aromatic N) is 3. The van der Waals surface area contributed by atoms with E-state index in [1.54, 1.807) is 41.5 Å². The number of anilines is 1. The topological polar surface area (TPSA) is 167 Å². The number of benzene rings is 1. The van der Waals surface area contributed by atoms with Gasteiger partial charge in [0.15, 0.2) is 0 Å². The summed E-state index contributed by atoms with van der Waals surface area (Å²) in [5.74, 6) is -2.78. The molecule has 13 nitrogen and oxygen atoms in total. The van der Waals surface area contributed by atoms with Crippen LogP contribution in [-0.2, 0) is 19.1 Å². The van der Waals surface area contributed by atoms with Crippen LogP contribution < -0.4 is 15.5 Å². The van der Waals surface area contributed by atoms with Gasteiger partial charge in [0.05, 0.1) is 16.9 Å². The maximum absolute atomic E-state index is 13.0. The smallest absolute Gasteiger partial charge is 0.414 e. The number of hydrogen-bond donors (Lipinski definition) is 3. The van der Waals surface area contributed by atoms with Crippen molar-refractivity contribution in [1.82, 2.24) is 15.5 Å². The summed E-state index contributed by atoms with van der Waals surface area (Å²) in [4.78, 5) is 67.6. The van der Waals surface area contributed by atoms with Crippen molar-refractivity contribution in [3.8, 4) is 0 Å². The molecular formula is C23H31N5O8. The number of carboxylic acids is 1. The second-order valence-corrected chi connectivity index (χ2v) is 9.92. The maximum atomic E-state index is 13.0. The Morgan fingerprint density at radius 1 is 1.00 bits per heavy atom. The molecule has 0 aromatic heterocycles. The lowest BCUT2D eigenvalue weighted by Gasteiger charge is -2.22. The molecule has 1 aliphatic heterocycles. The first-order valence-corrected chi connectivity index (χ1v) is 11.0. The van der Waals surface area contributed by atoms with E-state index in [1.807, 2.05) is 0 Å². The van der Waals surface area contributed by atoms with Gasteiger partial charge in [-0.1, -0.05) is 0 Å². The van der Waals surface area contributed by atoms with Crippen molar-refractivity contribution in [2.24, 2.45) is 4.99 Å². The fourth-order valence-corrected chi connectivity index (χ4v) is 3.01. The lowest BCUT2D eigenvalue weighted by Crippen LogP contribution is -2.47. The molecule has 0 radical (unpaired) electrons. The number of aliphatic imine (C=N–C) groups is 1. The SMILES string of the molecule is CN1C(=O)CN(CC(=O)O)C(=O)c2cc(N=C(NC(=O)OC(C)(C)C)NC(=O)OC(C)(C)C)ccc21. The van der Waals surface area contributed by atoms with Gasteiger partial charge < -0.3 is 24.4 Å². The molecule has 196 valence electrons. The Morgan fingerprint density at radius 2 is 1.53 bits per heavy atom. The highest BCUT2D eigenvalue weighted by atomic mass is 16.6. The first kappa shape index (κ1) is 28.1. The number of amides is 4. The number of ether oxygens (including phenoxy) is 2. The molecule has 0 aliphatic carbocycles. The van der Waals surface area contributed by atoms with E-state index in [0.29, 0.717) is 0 Å². The summed E-state index contributed by atoms with van der Waals surface area (Å²) >= 11 is 0. The number of likely N-dealkylation sites (N-methyl/N-ethyl adjacent to an activating group) is 1. The summed E-state index contributed by atoms with van der Waals surface area (Å²) in [6.45, 7) is 8.85. The number of alkyl carbamates (subject to hydrolysis) is 2. The van der Waals surface area contributed by atoms with Gasteiger partial charge in [0.25, 0.3) is 5.91 Å². The highest BCUT2D eigenvalue weighted by molar-refractivity contribution is 6.11. The number of nitrogens with one attached hydrogen (secondary N) is 2. The Morgan fingerprint density at radius 3 is 2.00 bits per heavy atom. The van der Waals surface area contributed by atoms with Crippen LogP contribution in [0.2, 0.25) is 0 Å². The van der Waals surface area contributed by atoms with Gasteiger partial charge in [-0.2, -0.15) is 0 Å². The fourth-order valence-electron chi connectivity index (χ4n) is 3.01. The fraction of sp³-hybridized carbons (Fsp3) is 0.478. The van der Waals surface area contributed by atoms with Gasteiger partial charge in [-0.05, 0) is 59.7 Å². The van der Waals surface area contributed by atoms with Crippen LogP contribution in [0.3, 0.4) is 0 Å². The van der Waals surface area contributed by atoms with Crippen LogP contribution in [0.1, 0.15) is 51.9 Å². The first-order valence-electron chi connectivity index (χ1n) is 11.0. The predicted octanol–water partition coefficient (Wildman–Crippen LogP) is 2.23. The number of carbonyl (C=O) groups excluding carboxylic acids is 4. The van der Waals surface area contributed by atoms with E-state index in [1.165, 1.54) is 30.1 Å². The molecule has 36 heavy (non-hydrogen) atoms. The molecule has 1 aromatic rings. The molecule has 0 fully saturated rings. The lowest BCUT2D eigenvalue weighted by atomic mass is 10.1. The van der Waals surface area contributed by atoms with Gasteiger partial charge in [0, 0.05) is 7.05 Å². The van der Waals surface area contributed by atoms with Crippen molar-refractivity contribution >= 4 is 47.3 Å². The highest BCUT2D eigenvalue weighted by Crippen LogP contribution is 2.29. The number of rotatable bonds is 3. The molecule has 0 unspecified atom stereocenters. The Hall–Kier alpha value is -4.16. The van der Waals surface area contributed by atoms with Crippen LogP contribution in [0.15, 0.2) is 23.2 Å². The summed E-state index contributed by atoms with van der Waals surface area (Å²) in [6, 6.07) is 4.22. The zero-order chi connectivity index (χ0) is 27.4. The number of guanidine groups is 1. The molecule has 4 amide bonds. The zero-order valence-corrected chi connectivity index (χ0v) is 21.3. The van der Waals surface area contributed by atoms with E-state index in [9.17, 15) is 24.0 Å². The minimum Gasteiger partial charge on any atom is -0.480 e. The van der Waals surface area contributed by atoms with Crippen LogP contribution in [0.4, 0.5) is 21.0 Å². The molecule has 1 heterocycles. The van der Waals surface area contributed by atoms with Crippen molar-refractivity contribution in [3.63, 3.8) is 0 Å². The third-order valence-electron chi connectivity index (χ3n) is 4.37. The van der Waals surface area contributed by atoms with E-state index in [-0.39, 0.29) is 22.9 Å². The van der Waals surface area contributed by atoms with Crippen molar-refractivity contribution in [1.29, 1.82) is 0 Å². The van der Waals surface area contributed by atoms with E-state index < -0.39 is 54.3 Å². The molecule has 3 N–H and O–H groups in total. The van der Waals surface area contributed by atoms with Crippen LogP contribution in [0, 0.1) is 0 Å². The maximum Gasteiger partial charge on any atom is 0.414 e. The average Bonchev–Trinajstić information content (AvgIpc) is 2.75. The normalized spacial score (nSPS) is 13.9. The summed E-state index contributed by atoms with van der Waals surface area (Å²) in [5, 5.41) is 13.8. The summed E-state index contributed by atoms with van der Waals surface area (Å²) < 4.78 is 10.4. The van der Waals surface area contributed by atoms with Gasteiger partial charge in [-0.25, -0.2) is 14.6 Å². The van der Waals surface area contributed by atoms with E-state index >= 15 is 0 Å². The van der Waals surface area contributed by atoms with Crippen molar-refractivity contribution in [3.05, 3.63) is 23.8 Å². The molecule has 0 atom stereocenters. The highest BCUT2D eigenvalue weighted by Gasteiger charge is 2.31. The third kappa shape index (κ3) is 8.25. The number of carbonyl (C=O) groups is 5. The van der Waals surface area contributed by atoms with E-state index in [2.05, 4.69) is 15.6 Å². The predicted molar refractivity (Wildman–Crippen MR) is 129 cm³/mol. The van der Waals surface area contributed by atoms with Crippen LogP contribution in [-0.4, -0.2) is 77.3 Å². The molecule has 0 spiro atoms. The molecule has 2 rings (SSSR count). The van der Waals surface area contributed by atoms with Gasteiger partial charge in [0.2, 0.25) is 11.9 Å². The molecular weight excluding hydrogens is 474 g/mol. The largest absolute Gasteiger partial charge is 0.480 e. The first-order chi connectivity index (χ1) is 16.4. The molecule has 0 saturated carbocycles. The molecule has 0 saturated heterocycles. The number of carboxylic acid groups (broad SMARTS) is 1. The summed E-state index contributed by atoms with van der Waals surface area (Å²) in [6.07, 6.45) is -1.80. The second kappa shape index (κ2) is 10.6. The van der Waals surface area contributed by atoms with Crippen LogP contribution in [0.5, 0.6) is 0 Å². The van der Waals surface area contributed by atoms with Gasteiger partial charge in [-0.3, -0.25) is 25.0 Å². The van der Waals surface area contributed by atoms with Gasteiger partial charge in [0.1, 0.15) is 24.3 Å². The minimum absolute atomic E-state index is 0.0136. The Bertz CT molecular complexity index is 1070. The molecule has 1 aliphatic rings. The third-order valence-corrected chi connectivity index (χ3v) is 4.37. The number of hydrogen-bond acceptors (Lipinski definition) is 8. The lowest BCUT2D eigenvalue weighted by molar-refractivity contribution is -0.138. The summed E-state index contributed by atoms with van der Waals surface area (Å²) in [7, 11) is 1.46. The molecule has 13 heteroatoms. The number of fused-ring (bicyclic) bond motifs is 1. The minimum atomic E-state index is -1.28. The molecule has 1 aromatic carbocycles. The van der Waals surface area contributed by atoms with Gasteiger partial charge in [-0.15, -0.1) is 0 Å². The molecule has 0 bridgehead atoms. The second-order valence-electron chi connectivity index (χ2n) is 9.92. The number of aliphatic carboxylic acids is 1. The van der Waals surface area contributed by atoms with Crippen molar-refractivity contribution < 1.29 is 38.6 Å². The van der Waals surface area contributed by atoms with Gasteiger partial charge >= 0.3 is 18.2 Å². The van der Waals surface area contributed by atoms with Crippen molar-refractivity contribution in [2.75, 3.05) is 25.0 Å². The van der Waals surface area contributed by atoms with Crippen LogP contribution in [0.25, 0.3) is 0 Å².